The number of unbranched alkanes of at least 4 members (excludes halogenated alkanes) is 3. The zero-order valence-electron chi connectivity index (χ0n) is 15.6. The number of rotatable bonds is 12. The number of benzene rings is 1. The van der Waals surface area contributed by atoms with Crippen LogP contribution in [-0.4, -0.2) is 32.7 Å². The standard InChI is InChI=1S/C18H24ClF2N3O3S2/c19-13-9-16(29(26,27)24-18-7-6-17(21)28-18)14(20)10-15(13)23-8-4-2-1-3-5-12(25)11-22/h6-7,9-10,12,23-25H,1-5,8,11,22H2/t12-/m1/s1. The topological polar surface area (TPSA) is 104 Å². The third-order valence-electron chi connectivity index (χ3n) is 4.17. The van der Waals surface area contributed by atoms with Gasteiger partial charge in [-0.15, -0.1) is 0 Å². The van der Waals surface area contributed by atoms with Crippen LogP contribution in [-0.2, 0) is 10.0 Å². The highest BCUT2D eigenvalue weighted by molar-refractivity contribution is 7.93. The SMILES string of the molecule is NC[C@H](O)CCCCCCNc1cc(F)c(S(=O)(=O)Nc2ccc(F)s2)cc1Cl. The molecule has 1 atom stereocenters. The Kier molecular flexibility index (Phi) is 9.09. The van der Waals surface area contributed by atoms with Crippen molar-refractivity contribution in [1.29, 1.82) is 0 Å². The molecule has 0 radical (unpaired) electrons. The summed E-state index contributed by atoms with van der Waals surface area (Å²) in [6.45, 7) is 0.800. The third kappa shape index (κ3) is 7.38. The quantitative estimate of drug-likeness (QED) is 0.351. The van der Waals surface area contributed by atoms with Crippen LogP contribution in [0.3, 0.4) is 0 Å². The average Bonchev–Trinajstić information content (AvgIpc) is 3.06. The number of nitrogens with one attached hydrogen (secondary N) is 2. The molecule has 5 N–H and O–H groups in total. The number of nitrogens with two attached hydrogens (primary N) is 1. The summed E-state index contributed by atoms with van der Waals surface area (Å²) in [6, 6.07) is 4.42. The molecule has 0 unspecified atom stereocenters. The molecule has 0 spiro atoms. The molecule has 0 amide bonds. The van der Waals surface area contributed by atoms with Crippen molar-refractivity contribution in [3.05, 3.63) is 40.2 Å². The average molecular weight is 468 g/mol. The summed E-state index contributed by atoms with van der Waals surface area (Å²) in [5.74, 6) is -0.961. The lowest BCUT2D eigenvalue weighted by Gasteiger charge is -2.12. The van der Waals surface area contributed by atoms with Gasteiger partial charge in [0.15, 0.2) is 5.13 Å². The first kappa shape index (κ1) is 23.8. The number of aliphatic hydroxyl groups excluding tert-OH is 1. The number of sulfonamides is 1. The van der Waals surface area contributed by atoms with Gasteiger partial charge in [-0.1, -0.05) is 42.2 Å². The molecule has 162 valence electrons. The highest BCUT2D eigenvalue weighted by Crippen LogP contribution is 2.30. The first-order valence-corrected chi connectivity index (χ1v) is 11.8. The molecule has 1 heterocycles. The van der Waals surface area contributed by atoms with Crippen LogP contribution < -0.4 is 15.8 Å². The zero-order chi connectivity index (χ0) is 21.4. The van der Waals surface area contributed by atoms with Crippen molar-refractivity contribution in [2.75, 3.05) is 23.1 Å². The molecule has 1 aromatic heterocycles. The summed E-state index contributed by atoms with van der Waals surface area (Å²) in [5, 5.41) is 11.9. The van der Waals surface area contributed by atoms with Crippen LogP contribution in [0.5, 0.6) is 0 Å². The highest BCUT2D eigenvalue weighted by atomic mass is 35.5. The number of hydrogen-bond acceptors (Lipinski definition) is 6. The molecule has 0 aliphatic rings. The van der Waals surface area contributed by atoms with E-state index in [1.165, 1.54) is 6.07 Å². The van der Waals surface area contributed by atoms with E-state index >= 15 is 0 Å². The normalized spacial score (nSPS) is 12.7. The maximum Gasteiger partial charge on any atom is 0.265 e. The van der Waals surface area contributed by atoms with Gasteiger partial charge in [0.2, 0.25) is 0 Å². The van der Waals surface area contributed by atoms with Crippen molar-refractivity contribution in [3.8, 4) is 0 Å². The van der Waals surface area contributed by atoms with Crippen LogP contribution in [0, 0.1) is 10.9 Å². The van der Waals surface area contributed by atoms with Crippen LogP contribution in [0.2, 0.25) is 5.02 Å². The predicted octanol–water partition coefficient (Wildman–Crippen LogP) is 4.16. The maximum atomic E-state index is 14.4. The lowest BCUT2D eigenvalue weighted by molar-refractivity contribution is 0.169. The van der Waals surface area contributed by atoms with Gasteiger partial charge < -0.3 is 16.2 Å². The van der Waals surface area contributed by atoms with Gasteiger partial charge in [0.05, 0.1) is 16.8 Å². The molecule has 6 nitrogen and oxygen atoms in total. The number of aliphatic hydroxyl groups is 1. The number of anilines is 2. The van der Waals surface area contributed by atoms with Gasteiger partial charge in [-0.25, -0.2) is 12.8 Å². The van der Waals surface area contributed by atoms with E-state index in [0.29, 0.717) is 30.0 Å². The monoisotopic (exact) mass is 467 g/mol. The molecule has 0 fully saturated rings. The zero-order valence-corrected chi connectivity index (χ0v) is 18.0. The number of halogens is 3. The summed E-state index contributed by atoms with van der Waals surface area (Å²) in [4.78, 5) is -0.611. The van der Waals surface area contributed by atoms with Crippen molar-refractivity contribution < 1.29 is 22.3 Å². The summed E-state index contributed by atoms with van der Waals surface area (Å²) >= 11 is 6.71. The summed E-state index contributed by atoms with van der Waals surface area (Å²) in [6.07, 6.45) is 3.75. The molecule has 0 saturated carbocycles. The molecule has 1 aromatic carbocycles. The van der Waals surface area contributed by atoms with E-state index in [9.17, 15) is 22.3 Å². The van der Waals surface area contributed by atoms with Gasteiger partial charge >= 0.3 is 0 Å². The van der Waals surface area contributed by atoms with Crippen LogP contribution in [0.25, 0.3) is 0 Å². The molecule has 0 aliphatic heterocycles. The van der Waals surface area contributed by atoms with Gasteiger partial charge in [-0.2, -0.15) is 4.39 Å². The molecule has 11 heteroatoms. The van der Waals surface area contributed by atoms with E-state index in [-0.39, 0.29) is 16.6 Å². The summed E-state index contributed by atoms with van der Waals surface area (Å²) in [7, 11) is -4.24. The van der Waals surface area contributed by atoms with E-state index in [1.54, 1.807) is 0 Å². The lowest BCUT2D eigenvalue weighted by atomic mass is 10.1. The minimum Gasteiger partial charge on any atom is -0.392 e. The molecule has 2 rings (SSSR count). The largest absolute Gasteiger partial charge is 0.392 e. The molecule has 0 saturated heterocycles. The van der Waals surface area contributed by atoms with E-state index in [4.69, 9.17) is 17.3 Å². The first-order chi connectivity index (χ1) is 13.7. The smallest absolute Gasteiger partial charge is 0.265 e. The van der Waals surface area contributed by atoms with Crippen molar-refractivity contribution >= 4 is 43.6 Å². The van der Waals surface area contributed by atoms with Crippen LogP contribution in [0.1, 0.15) is 32.1 Å². The van der Waals surface area contributed by atoms with Crippen molar-refractivity contribution in [2.24, 2.45) is 5.73 Å². The summed E-state index contributed by atoms with van der Waals surface area (Å²) in [5.41, 5.74) is 5.64. The number of thiophene rings is 1. The van der Waals surface area contributed by atoms with Gasteiger partial charge in [-0.05, 0) is 37.1 Å². The van der Waals surface area contributed by atoms with Crippen LogP contribution in [0.4, 0.5) is 19.5 Å². The molecule has 0 aliphatic carbocycles. The Labute approximate surface area is 178 Å². The number of hydrogen-bond donors (Lipinski definition) is 4. The fourth-order valence-corrected chi connectivity index (χ4v) is 4.93. The predicted molar refractivity (Wildman–Crippen MR) is 113 cm³/mol. The Morgan fingerprint density at radius 1 is 1.17 bits per heavy atom. The Bertz CT molecular complexity index is 910. The maximum absolute atomic E-state index is 14.4. The van der Waals surface area contributed by atoms with E-state index in [1.807, 2.05) is 0 Å². The highest BCUT2D eigenvalue weighted by Gasteiger charge is 2.22. The minimum absolute atomic E-state index is 0.0409. The van der Waals surface area contributed by atoms with E-state index in [0.717, 1.165) is 43.9 Å². The molecular weight excluding hydrogens is 444 g/mol. The second-order valence-electron chi connectivity index (χ2n) is 6.49. The fourth-order valence-electron chi connectivity index (χ4n) is 2.63. The van der Waals surface area contributed by atoms with Crippen molar-refractivity contribution in [3.63, 3.8) is 0 Å². The van der Waals surface area contributed by atoms with E-state index in [2.05, 4.69) is 10.0 Å². The van der Waals surface area contributed by atoms with Crippen LogP contribution >= 0.6 is 22.9 Å². The Morgan fingerprint density at radius 2 is 1.90 bits per heavy atom. The molecule has 2 aromatic rings. The second kappa shape index (κ2) is 11.1. The summed E-state index contributed by atoms with van der Waals surface area (Å²) < 4.78 is 54.3. The van der Waals surface area contributed by atoms with Gasteiger partial charge in [0.25, 0.3) is 10.0 Å². The first-order valence-electron chi connectivity index (χ1n) is 9.12. The van der Waals surface area contributed by atoms with Crippen molar-refractivity contribution in [2.45, 2.75) is 43.1 Å². The van der Waals surface area contributed by atoms with Crippen LogP contribution in [0.15, 0.2) is 29.2 Å². The Balaban J connectivity index is 1.90. The van der Waals surface area contributed by atoms with Crippen molar-refractivity contribution in [1.82, 2.24) is 0 Å². The van der Waals surface area contributed by atoms with Gasteiger partial charge in [0, 0.05) is 13.1 Å². The van der Waals surface area contributed by atoms with Gasteiger partial charge in [0.1, 0.15) is 15.7 Å². The fraction of sp³-hybridized carbons (Fsp3) is 0.444. The molecule has 29 heavy (non-hydrogen) atoms. The Hall–Kier alpha value is -1.46. The molecule has 0 bridgehead atoms. The second-order valence-corrected chi connectivity index (χ2v) is 9.58. The van der Waals surface area contributed by atoms with E-state index < -0.39 is 32.0 Å². The third-order valence-corrected chi connectivity index (χ3v) is 6.78. The molecular formula is C18H24ClF2N3O3S2. The van der Waals surface area contributed by atoms with Gasteiger partial charge in [-0.3, -0.25) is 4.72 Å². The lowest BCUT2D eigenvalue weighted by Crippen LogP contribution is -2.19. The Morgan fingerprint density at radius 3 is 2.55 bits per heavy atom. The minimum atomic E-state index is -4.24.